The first-order chi connectivity index (χ1) is 12.8. The minimum Gasteiger partial charge on any atom is -0.396 e. The Morgan fingerprint density at radius 2 is 1.96 bits per heavy atom. The molecule has 8 nitrogen and oxygen atoms in total. The van der Waals surface area contributed by atoms with E-state index in [1.54, 1.807) is 0 Å². The van der Waals surface area contributed by atoms with Crippen molar-refractivity contribution in [1.82, 2.24) is 4.31 Å². The van der Waals surface area contributed by atoms with Crippen LogP contribution in [0.3, 0.4) is 0 Å². The van der Waals surface area contributed by atoms with E-state index >= 15 is 0 Å². The van der Waals surface area contributed by atoms with Crippen LogP contribution in [0.5, 0.6) is 0 Å². The largest absolute Gasteiger partial charge is 0.396 e. The number of nitro groups is 1. The Morgan fingerprint density at radius 1 is 1.22 bits per heavy atom. The van der Waals surface area contributed by atoms with Gasteiger partial charge in [0.25, 0.3) is 5.69 Å². The van der Waals surface area contributed by atoms with Crippen LogP contribution in [0.15, 0.2) is 23.1 Å². The Balaban J connectivity index is 1.92. The summed E-state index contributed by atoms with van der Waals surface area (Å²) < 4.78 is 27.3. The van der Waals surface area contributed by atoms with E-state index in [1.165, 1.54) is 22.5 Å². The van der Waals surface area contributed by atoms with Gasteiger partial charge in [-0.25, -0.2) is 8.42 Å². The quantitative estimate of drug-likeness (QED) is 0.603. The van der Waals surface area contributed by atoms with E-state index in [9.17, 15) is 23.6 Å². The average molecular weight is 397 g/mol. The molecule has 2 fully saturated rings. The van der Waals surface area contributed by atoms with E-state index in [-0.39, 0.29) is 29.0 Å². The van der Waals surface area contributed by atoms with Crippen LogP contribution >= 0.6 is 0 Å². The van der Waals surface area contributed by atoms with Crippen molar-refractivity contribution in [3.8, 4) is 0 Å². The second-order valence-electron chi connectivity index (χ2n) is 7.65. The highest BCUT2D eigenvalue weighted by molar-refractivity contribution is 7.89. The maximum Gasteiger partial charge on any atom is 0.293 e. The van der Waals surface area contributed by atoms with Gasteiger partial charge in [0.05, 0.1) is 9.82 Å². The van der Waals surface area contributed by atoms with Gasteiger partial charge in [-0.3, -0.25) is 10.1 Å². The molecule has 0 unspecified atom stereocenters. The third-order valence-electron chi connectivity index (χ3n) is 5.52. The Kier molecular flexibility index (Phi) is 6.02. The first-order valence-corrected chi connectivity index (χ1v) is 10.9. The van der Waals surface area contributed by atoms with Gasteiger partial charge in [0, 0.05) is 38.9 Å². The van der Waals surface area contributed by atoms with Gasteiger partial charge in [0.1, 0.15) is 5.69 Å². The fourth-order valence-electron chi connectivity index (χ4n) is 4.02. The second kappa shape index (κ2) is 8.12. The topological polar surface area (TPSA) is 104 Å². The molecule has 0 spiro atoms. The number of aliphatic hydroxyl groups excluding tert-OH is 1. The minimum absolute atomic E-state index is 0.0252. The van der Waals surface area contributed by atoms with Gasteiger partial charge in [-0.1, -0.05) is 6.92 Å². The number of piperidine rings is 2. The van der Waals surface area contributed by atoms with Gasteiger partial charge < -0.3 is 10.0 Å². The molecule has 1 N–H and O–H groups in total. The highest BCUT2D eigenvalue weighted by atomic mass is 32.2. The normalized spacial score (nSPS) is 24.7. The average Bonchev–Trinajstić information content (AvgIpc) is 2.67. The number of nitrogens with zero attached hydrogens (tertiary/aromatic N) is 3. The molecule has 2 atom stereocenters. The minimum atomic E-state index is -3.74. The van der Waals surface area contributed by atoms with Gasteiger partial charge in [-0.15, -0.1) is 0 Å². The predicted octanol–water partition coefficient (Wildman–Crippen LogP) is 2.22. The SMILES string of the molecule is C[C@@H]1CCCN(S(=O)(=O)c2ccc(N3CCC[C@H](CO)C3)c([N+](=O)[O-])c2)C1. The molecule has 0 aromatic heterocycles. The van der Waals surface area contributed by atoms with E-state index in [2.05, 4.69) is 0 Å². The molecule has 1 aromatic carbocycles. The molecule has 2 aliphatic rings. The molecule has 1 aromatic rings. The summed E-state index contributed by atoms with van der Waals surface area (Å²) in [6, 6.07) is 4.20. The number of benzene rings is 1. The van der Waals surface area contributed by atoms with Gasteiger partial charge in [-0.2, -0.15) is 4.31 Å². The molecule has 2 aliphatic heterocycles. The summed E-state index contributed by atoms with van der Waals surface area (Å²) in [6.45, 7) is 4.15. The standard InChI is InChI=1S/C18H27N3O5S/c1-14-4-2-9-20(11-14)27(25,26)16-6-7-17(18(10-16)21(23)24)19-8-3-5-15(12-19)13-22/h6-7,10,14-15,22H,2-5,8-9,11-13H2,1H3/t14-,15+/m1/s1. The monoisotopic (exact) mass is 397 g/mol. The molecule has 3 rings (SSSR count). The molecule has 0 bridgehead atoms. The number of aliphatic hydroxyl groups is 1. The molecule has 150 valence electrons. The summed E-state index contributed by atoms with van der Waals surface area (Å²) in [5.74, 6) is 0.364. The fourth-order valence-corrected chi connectivity index (χ4v) is 5.64. The Morgan fingerprint density at radius 3 is 2.63 bits per heavy atom. The first kappa shape index (κ1) is 20.0. The summed E-state index contributed by atoms with van der Waals surface area (Å²) in [4.78, 5) is 13.0. The highest BCUT2D eigenvalue weighted by Gasteiger charge is 2.32. The number of hydrogen-bond donors (Lipinski definition) is 1. The van der Waals surface area contributed by atoms with Crippen LogP contribution in [0.2, 0.25) is 0 Å². The maximum atomic E-state index is 13.0. The molecule has 2 heterocycles. The predicted molar refractivity (Wildman–Crippen MR) is 102 cm³/mol. The van der Waals surface area contributed by atoms with Crippen molar-refractivity contribution in [2.45, 2.75) is 37.5 Å². The molecule has 2 saturated heterocycles. The number of hydrogen-bond acceptors (Lipinski definition) is 6. The van der Waals surface area contributed by atoms with Crippen molar-refractivity contribution in [3.63, 3.8) is 0 Å². The summed E-state index contributed by atoms with van der Waals surface area (Å²) in [7, 11) is -3.74. The first-order valence-electron chi connectivity index (χ1n) is 9.47. The van der Waals surface area contributed by atoms with Gasteiger partial charge >= 0.3 is 0 Å². The third-order valence-corrected chi connectivity index (χ3v) is 7.38. The van der Waals surface area contributed by atoms with Gasteiger partial charge in [0.15, 0.2) is 0 Å². The molecule has 0 radical (unpaired) electrons. The van der Waals surface area contributed by atoms with Crippen LogP contribution in [0.4, 0.5) is 11.4 Å². The highest BCUT2D eigenvalue weighted by Crippen LogP contribution is 2.35. The van der Waals surface area contributed by atoms with E-state index in [4.69, 9.17) is 0 Å². The number of nitro benzene ring substituents is 1. The van der Waals surface area contributed by atoms with Crippen LogP contribution in [-0.4, -0.2) is 55.5 Å². The van der Waals surface area contributed by atoms with Gasteiger partial charge in [0.2, 0.25) is 10.0 Å². The molecule has 0 saturated carbocycles. The summed E-state index contributed by atoms with van der Waals surface area (Å²) in [5.41, 5.74) is 0.226. The van der Waals surface area contributed by atoms with Gasteiger partial charge in [-0.05, 0) is 49.7 Å². The van der Waals surface area contributed by atoms with Crippen LogP contribution in [0.25, 0.3) is 0 Å². The molecular formula is C18H27N3O5S. The Bertz CT molecular complexity index is 798. The lowest BCUT2D eigenvalue weighted by molar-refractivity contribution is -0.384. The van der Waals surface area contributed by atoms with Crippen molar-refractivity contribution >= 4 is 21.4 Å². The Labute approximate surface area is 160 Å². The number of anilines is 1. The number of sulfonamides is 1. The Hall–Kier alpha value is -1.71. The smallest absolute Gasteiger partial charge is 0.293 e. The zero-order valence-electron chi connectivity index (χ0n) is 15.6. The molecule has 0 aliphatic carbocycles. The zero-order chi connectivity index (χ0) is 19.6. The third kappa shape index (κ3) is 4.25. The summed E-state index contributed by atoms with van der Waals surface area (Å²) >= 11 is 0. The molecule has 27 heavy (non-hydrogen) atoms. The fraction of sp³-hybridized carbons (Fsp3) is 0.667. The molecule has 0 amide bonds. The zero-order valence-corrected chi connectivity index (χ0v) is 16.4. The lowest BCUT2D eigenvalue weighted by Gasteiger charge is -2.33. The lowest BCUT2D eigenvalue weighted by atomic mass is 9.98. The van der Waals surface area contributed by atoms with Crippen LogP contribution in [0.1, 0.15) is 32.6 Å². The maximum absolute atomic E-state index is 13.0. The molecular weight excluding hydrogens is 370 g/mol. The number of rotatable bonds is 5. The van der Waals surface area contributed by atoms with E-state index in [0.717, 1.165) is 25.7 Å². The van der Waals surface area contributed by atoms with Crippen LogP contribution in [0, 0.1) is 22.0 Å². The van der Waals surface area contributed by atoms with E-state index in [0.29, 0.717) is 31.9 Å². The van der Waals surface area contributed by atoms with E-state index < -0.39 is 14.9 Å². The van der Waals surface area contributed by atoms with Crippen LogP contribution < -0.4 is 4.90 Å². The van der Waals surface area contributed by atoms with Crippen LogP contribution in [-0.2, 0) is 10.0 Å². The summed E-state index contributed by atoms with van der Waals surface area (Å²) in [6.07, 6.45) is 3.53. The molecule has 9 heteroatoms. The summed E-state index contributed by atoms with van der Waals surface area (Å²) in [5, 5.41) is 21.0. The van der Waals surface area contributed by atoms with Crippen molar-refractivity contribution in [3.05, 3.63) is 28.3 Å². The van der Waals surface area contributed by atoms with Crippen molar-refractivity contribution in [1.29, 1.82) is 0 Å². The van der Waals surface area contributed by atoms with Crippen molar-refractivity contribution < 1.29 is 18.4 Å². The van der Waals surface area contributed by atoms with E-state index in [1.807, 2.05) is 11.8 Å². The van der Waals surface area contributed by atoms with Crippen molar-refractivity contribution in [2.75, 3.05) is 37.7 Å². The van der Waals surface area contributed by atoms with Crippen molar-refractivity contribution in [2.24, 2.45) is 11.8 Å². The lowest BCUT2D eigenvalue weighted by Crippen LogP contribution is -2.39. The second-order valence-corrected chi connectivity index (χ2v) is 9.59.